The molecule has 0 fully saturated rings. The zero-order valence-electron chi connectivity index (χ0n) is 8.72. The van der Waals surface area contributed by atoms with Crippen LogP contribution < -0.4 is 5.73 Å². The van der Waals surface area contributed by atoms with E-state index in [1.807, 2.05) is 0 Å². The molecule has 0 amide bonds. The first-order chi connectivity index (χ1) is 8.20. The van der Waals surface area contributed by atoms with Gasteiger partial charge in [0.05, 0.1) is 11.3 Å². The molecule has 1 aromatic heterocycles. The van der Waals surface area contributed by atoms with E-state index >= 15 is 0 Å². The molecule has 0 aliphatic carbocycles. The van der Waals surface area contributed by atoms with Gasteiger partial charge in [0.15, 0.2) is 0 Å². The van der Waals surface area contributed by atoms with Gasteiger partial charge < -0.3 is 5.73 Å². The summed E-state index contributed by atoms with van der Waals surface area (Å²) in [5, 5.41) is 10.2. The summed E-state index contributed by atoms with van der Waals surface area (Å²) < 4.78 is 0. The summed E-state index contributed by atoms with van der Waals surface area (Å²) in [6.07, 6.45) is 1.67. The van der Waals surface area contributed by atoms with Crippen LogP contribution in [0.1, 0.15) is 5.56 Å². The third-order valence-corrected chi connectivity index (χ3v) is 3.41. The maximum atomic E-state index is 9.02. The number of nitrogens with two attached hydrogens (primary N) is 1. The largest absolute Gasteiger partial charge is 0.397 e. The molecular weight excluding hydrogens is 254 g/mol. The number of hydrogen-bond donors (Lipinski definition) is 1. The van der Waals surface area contributed by atoms with E-state index in [9.17, 15) is 0 Å². The number of hydrogen-bond acceptors (Lipinski definition) is 4. The van der Waals surface area contributed by atoms with E-state index in [1.165, 1.54) is 11.8 Å². The fraction of sp³-hybridized carbons (Fsp3) is 0. The highest BCUT2D eigenvalue weighted by atomic mass is 35.5. The number of anilines is 1. The van der Waals surface area contributed by atoms with Crippen LogP contribution in [0.3, 0.4) is 0 Å². The van der Waals surface area contributed by atoms with Crippen LogP contribution in [-0.2, 0) is 0 Å². The molecule has 2 N–H and O–H groups in total. The van der Waals surface area contributed by atoms with Crippen LogP contribution in [0.4, 0.5) is 5.69 Å². The Morgan fingerprint density at radius 2 is 2.18 bits per heavy atom. The minimum atomic E-state index is 0.521. The van der Waals surface area contributed by atoms with Crippen molar-refractivity contribution in [2.45, 2.75) is 9.92 Å². The highest BCUT2D eigenvalue weighted by Gasteiger charge is 2.07. The lowest BCUT2D eigenvalue weighted by Crippen LogP contribution is -1.91. The van der Waals surface area contributed by atoms with Gasteiger partial charge in [-0.05, 0) is 30.3 Å². The molecule has 3 nitrogen and oxygen atoms in total. The van der Waals surface area contributed by atoms with E-state index in [4.69, 9.17) is 22.6 Å². The van der Waals surface area contributed by atoms with Crippen molar-refractivity contribution in [2.75, 3.05) is 5.73 Å². The maximum Gasteiger partial charge on any atom is 0.124 e. The number of nitrogen functional groups attached to an aromatic ring is 1. The van der Waals surface area contributed by atoms with Gasteiger partial charge in [-0.15, -0.1) is 0 Å². The molecule has 2 rings (SSSR count). The normalized spacial score (nSPS) is 9.88. The first-order valence-corrected chi connectivity index (χ1v) is 5.98. The van der Waals surface area contributed by atoms with Crippen molar-refractivity contribution in [3.63, 3.8) is 0 Å². The Hall–Kier alpha value is -1.70. The van der Waals surface area contributed by atoms with E-state index in [0.29, 0.717) is 21.3 Å². The summed E-state index contributed by atoms with van der Waals surface area (Å²) >= 11 is 7.19. The molecular formula is C12H8ClN3S. The van der Waals surface area contributed by atoms with Crippen molar-refractivity contribution in [1.29, 1.82) is 5.26 Å². The third-order valence-electron chi connectivity index (χ3n) is 2.07. The number of nitrogens with zero attached hydrogens (tertiary/aromatic N) is 2. The third kappa shape index (κ3) is 2.70. The lowest BCUT2D eigenvalue weighted by atomic mass is 10.2. The summed E-state index contributed by atoms with van der Waals surface area (Å²) in [5.74, 6) is 0. The van der Waals surface area contributed by atoms with Gasteiger partial charge in [0.25, 0.3) is 0 Å². The number of halogens is 1. The fourth-order valence-corrected chi connectivity index (χ4v) is 2.30. The smallest absolute Gasteiger partial charge is 0.124 e. The highest BCUT2D eigenvalue weighted by Crippen LogP contribution is 2.33. The summed E-state index contributed by atoms with van der Waals surface area (Å²) in [7, 11) is 0. The number of pyridine rings is 1. The summed E-state index contributed by atoms with van der Waals surface area (Å²) in [6.45, 7) is 0. The number of nitriles is 1. The monoisotopic (exact) mass is 261 g/mol. The van der Waals surface area contributed by atoms with E-state index in [2.05, 4.69) is 11.1 Å². The van der Waals surface area contributed by atoms with Gasteiger partial charge in [0, 0.05) is 16.1 Å². The number of rotatable bonds is 2. The molecule has 0 atom stereocenters. The van der Waals surface area contributed by atoms with Gasteiger partial charge in [-0.1, -0.05) is 23.4 Å². The Morgan fingerprint density at radius 1 is 1.35 bits per heavy atom. The van der Waals surface area contributed by atoms with Crippen LogP contribution in [-0.4, -0.2) is 4.98 Å². The summed E-state index contributed by atoms with van der Waals surface area (Å²) in [4.78, 5) is 4.96. The predicted molar refractivity (Wildman–Crippen MR) is 68.9 cm³/mol. The molecule has 0 aliphatic rings. The Kier molecular flexibility index (Phi) is 3.52. The lowest BCUT2D eigenvalue weighted by molar-refractivity contribution is 1.14. The van der Waals surface area contributed by atoms with E-state index in [1.54, 1.807) is 36.5 Å². The molecule has 5 heteroatoms. The standard InChI is InChI=1S/C12H8ClN3S/c13-9-3-4-11(8(6-9)7-14)17-12-10(15)2-1-5-16-12/h1-6H,15H2. The van der Waals surface area contributed by atoms with Crippen LogP contribution in [0.5, 0.6) is 0 Å². The molecule has 1 heterocycles. The van der Waals surface area contributed by atoms with Gasteiger partial charge in [-0.3, -0.25) is 0 Å². The number of benzene rings is 1. The van der Waals surface area contributed by atoms with Gasteiger partial charge >= 0.3 is 0 Å². The van der Waals surface area contributed by atoms with Crippen molar-refractivity contribution in [2.24, 2.45) is 0 Å². The average molecular weight is 262 g/mol. The van der Waals surface area contributed by atoms with Crippen molar-refractivity contribution in [3.05, 3.63) is 47.1 Å². The van der Waals surface area contributed by atoms with E-state index < -0.39 is 0 Å². The van der Waals surface area contributed by atoms with Gasteiger partial charge in [-0.25, -0.2) is 4.98 Å². The SMILES string of the molecule is N#Cc1cc(Cl)ccc1Sc1ncccc1N. The summed E-state index contributed by atoms with van der Waals surface area (Å²) in [6, 6.07) is 10.8. The molecule has 0 saturated heterocycles. The maximum absolute atomic E-state index is 9.02. The topological polar surface area (TPSA) is 62.7 Å². The second-order valence-electron chi connectivity index (χ2n) is 3.25. The first kappa shape index (κ1) is 11.8. The fourth-order valence-electron chi connectivity index (χ4n) is 1.27. The zero-order valence-corrected chi connectivity index (χ0v) is 10.3. The highest BCUT2D eigenvalue weighted by molar-refractivity contribution is 7.99. The van der Waals surface area contributed by atoms with E-state index in [-0.39, 0.29) is 0 Å². The Labute approximate surface area is 108 Å². The van der Waals surface area contributed by atoms with Crippen LogP contribution in [0, 0.1) is 11.3 Å². The minimum Gasteiger partial charge on any atom is -0.397 e. The van der Waals surface area contributed by atoms with Crippen LogP contribution in [0.2, 0.25) is 5.02 Å². The molecule has 0 spiro atoms. The van der Waals surface area contributed by atoms with Gasteiger partial charge in [0.2, 0.25) is 0 Å². The predicted octanol–water partition coefficient (Wildman–Crippen LogP) is 3.34. The lowest BCUT2D eigenvalue weighted by Gasteiger charge is -2.05. The quantitative estimate of drug-likeness (QED) is 0.901. The van der Waals surface area contributed by atoms with Crippen LogP contribution >= 0.6 is 23.4 Å². The van der Waals surface area contributed by atoms with Gasteiger partial charge in [-0.2, -0.15) is 5.26 Å². The molecule has 1 aromatic carbocycles. The molecule has 0 radical (unpaired) electrons. The first-order valence-electron chi connectivity index (χ1n) is 4.78. The van der Waals surface area contributed by atoms with Crippen LogP contribution in [0.25, 0.3) is 0 Å². The van der Waals surface area contributed by atoms with E-state index in [0.717, 1.165) is 4.90 Å². The van der Waals surface area contributed by atoms with Crippen molar-refractivity contribution in [1.82, 2.24) is 4.98 Å². The molecule has 0 unspecified atom stereocenters. The zero-order chi connectivity index (χ0) is 12.3. The van der Waals surface area contributed by atoms with Crippen molar-refractivity contribution in [3.8, 4) is 6.07 Å². The molecule has 17 heavy (non-hydrogen) atoms. The molecule has 0 bridgehead atoms. The second kappa shape index (κ2) is 5.09. The molecule has 0 saturated carbocycles. The van der Waals surface area contributed by atoms with Crippen molar-refractivity contribution >= 4 is 29.1 Å². The average Bonchev–Trinajstić information content (AvgIpc) is 2.34. The second-order valence-corrected chi connectivity index (χ2v) is 4.72. The van der Waals surface area contributed by atoms with Gasteiger partial charge in [0.1, 0.15) is 11.1 Å². The molecule has 0 aliphatic heterocycles. The molecule has 84 valence electrons. The molecule has 2 aromatic rings. The van der Waals surface area contributed by atoms with Crippen molar-refractivity contribution < 1.29 is 0 Å². The Morgan fingerprint density at radius 3 is 2.88 bits per heavy atom. The minimum absolute atomic E-state index is 0.521. The van der Waals surface area contributed by atoms with Crippen LogP contribution in [0.15, 0.2) is 46.5 Å². The number of aromatic nitrogens is 1. The Balaban J connectivity index is 2.37. The summed E-state index contributed by atoms with van der Waals surface area (Å²) in [5.41, 5.74) is 6.91. The Bertz CT molecular complexity index is 593.